The summed E-state index contributed by atoms with van der Waals surface area (Å²) in [7, 11) is 0. The van der Waals surface area contributed by atoms with Gasteiger partial charge in [0.05, 0.1) is 0 Å². The van der Waals surface area contributed by atoms with Gasteiger partial charge in [0.25, 0.3) is 0 Å². The molecule has 0 saturated heterocycles. The number of nitrogens with zero attached hydrogens (tertiary/aromatic N) is 3. The number of furan rings is 1. The second kappa shape index (κ2) is 9.50. The quantitative estimate of drug-likeness (QED) is 0.164. The Morgan fingerprint density at radius 3 is 2.43 bits per heavy atom. The third-order valence-electron chi connectivity index (χ3n) is 8.03. The first-order valence-electron chi connectivity index (χ1n) is 14.0. The maximum Gasteiger partial charge on any atom is 0.164 e. The molecule has 7 aromatic rings. The molecule has 198 valence electrons. The molecule has 1 aliphatic rings. The van der Waals surface area contributed by atoms with Crippen LogP contribution in [-0.4, -0.2) is 15.0 Å². The van der Waals surface area contributed by atoms with Gasteiger partial charge in [-0.3, -0.25) is 0 Å². The van der Waals surface area contributed by atoms with Gasteiger partial charge in [0.2, 0.25) is 0 Å². The van der Waals surface area contributed by atoms with E-state index in [0.29, 0.717) is 17.5 Å². The number of benzene rings is 5. The van der Waals surface area contributed by atoms with E-state index in [-0.39, 0.29) is 0 Å². The van der Waals surface area contributed by atoms with Gasteiger partial charge < -0.3 is 4.42 Å². The molecule has 0 bridgehead atoms. The minimum Gasteiger partial charge on any atom is -0.456 e. The molecule has 0 amide bonds. The van der Waals surface area contributed by atoms with Gasteiger partial charge in [-0.05, 0) is 45.1 Å². The molecule has 0 radical (unpaired) electrons. The maximum atomic E-state index is 6.54. The second-order valence-corrected chi connectivity index (χ2v) is 10.4. The number of allylic oxidation sites excluding steroid dienone is 6. The van der Waals surface area contributed by atoms with Crippen molar-refractivity contribution in [2.75, 3.05) is 0 Å². The van der Waals surface area contributed by atoms with Crippen molar-refractivity contribution in [3.63, 3.8) is 0 Å². The van der Waals surface area contributed by atoms with E-state index >= 15 is 0 Å². The largest absolute Gasteiger partial charge is 0.456 e. The molecule has 42 heavy (non-hydrogen) atoms. The highest BCUT2D eigenvalue weighted by molar-refractivity contribution is 6.29. The van der Waals surface area contributed by atoms with Crippen molar-refractivity contribution in [2.45, 2.75) is 6.42 Å². The average Bonchev–Trinajstić information content (AvgIpc) is 3.23. The first-order valence-corrected chi connectivity index (χ1v) is 14.0. The Labute approximate surface area is 242 Å². The Balaban J connectivity index is 1.52. The highest BCUT2D eigenvalue weighted by atomic mass is 16.3. The van der Waals surface area contributed by atoms with E-state index in [0.717, 1.165) is 50.4 Å². The van der Waals surface area contributed by atoms with Crippen LogP contribution in [0.3, 0.4) is 0 Å². The average molecular weight is 540 g/mol. The number of rotatable bonds is 5. The van der Waals surface area contributed by atoms with Crippen LogP contribution in [0.4, 0.5) is 0 Å². The van der Waals surface area contributed by atoms with Gasteiger partial charge in [-0.2, -0.15) is 0 Å². The molecule has 0 fully saturated rings. The SMILES string of the molecule is C=C/C=C(\C=C)c1nc(-c2ccccc2)nc(-c2cccc3c2cc2oc4cccc5c6c(c3c2c45)=CC=CCC=6)n1. The lowest BCUT2D eigenvalue weighted by molar-refractivity contribution is 0.670. The molecule has 5 aromatic carbocycles. The molecule has 0 saturated carbocycles. The summed E-state index contributed by atoms with van der Waals surface area (Å²) < 4.78 is 6.54. The summed E-state index contributed by atoms with van der Waals surface area (Å²) in [6, 6.07) is 24.8. The number of hydrogen-bond donors (Lipinski definition) is 0. The van der Waals surface area contributed by atoms with E-state index in [9.17, 15) is 0 Å². The van der Waals surface area contributed by atoms with Crippen LogP contribution in [-0.2, 0) is 0 Å². The number of aromatic nitrogens is 3. The first kappa shape index (κ1) is 24.2. The zero-order valence-electron chi connectivity index (χ0n) is 22.8. The topological polar surface area (TPSA) is 51.8 Å². The molecule has 1 aliphatic carbocycles. The molecule has 0 N–H and O–H groups in total. The summed E-state index contributed by atoms with van der Waals surface area (Å²) in [5.41, 5.74) is 4.36. The van der Waals surface area contributed by atoms with E-state index in [1.807, 2.05) is 36.4 Å². The van der Waals surface area contributed by atoms with E-state index in [1.54, 1.807) is 12.2 Å². The number of fused-ring (bicyclic) bond motifs is 5. The highest BCUT2D eigenvalue weighted by Gasteiger charge is 2.21. The molecular weight excluding hydrogens is 514 g/mol. The van der Waals surface area contributed by atoms with Crippen LogP contribution in [0.15, 0.2) is 121 Å². The molecule has 0 unspecified atom stereocenters. The van der Waals surface area contributed by atoms with Gasteiger partial charge in [-0.1, -0.05) is 116 Å². The Bertz CT molecular complexity index is 2410. The summed E-state index contributed by atoms with van der Waals surface area (Å²) in [6.45, 7) is 7.86. The van der Waals surface area contributed by atoms with Crippen molar-refractivity contribution in [3.05, 3.63) is 133 Å². The van der Waals surface area contributed by atoms with Crippen LogP contribution < -0.4 is 10.4 Å². The lowest BCUT2D eigenvalue weighted by atomic mass is 9.91. The normalized spacial score (nSPS) is 13.3. The minimum atomic E-state index is 0.545. The standard InChI is InChI=1S/C38H25N3O/c1-3-13-23(4-2)36-39-37(24-14-7-5-8-15-24)41-38(40-36)29-20-11-18-28-30(29)22-32-35-33(28)26-17-10-6-9-16-25(26)27-19-12-21-31(42-32)34(27)35/h3-8,10-22H,1-2,9H2/b23-13+. The molecule has 2 aromatic heterocycles. The zero-order chi connectivity index (χ0) is 28.2. The lowest BCUT2D eigenvalue weighted by Crippen LogP contribution is -2.26. The third-order valence-corrected chi connectivity index (χ3v) is 8.03. The van der Waals surface area contributed by atoms with Gasteiger partial charge in [0, 0.05) is 32.9 Å². The fraction of sp³-hybridized carbons (Fsp3) is 0.0263. The Morgan fingerprint density at radius 1 is 0.738 bits per heavy atom. The fourth-order valence-electron chi connectivity index (χ4n) is 6.22. The van der Waals surface area contributed by atoms with Crippen molar-refractivity contribution in [2.24, 2.45) is 0 Å². The maximum absolute atomic E-state index is 6.54. The van der Waals surface area contributed by atoms with Crippen molar-refractivity contribution in [1.82, 2.24) is 15.0 Å². The van der Waals surface area contributed by atoms with Crippen LogP contribution in [0.1, 0.15) is 12.2 Å². The van der Waals surface area contributed by atoms with Crippen LogP contribution in [0, 0.1) is 0 Å². The zero-order valence-corrected chi connectivity index (χ0v) is 22.8. The molecule has 4 heteroatoms. The van der Waals surface area contributed by atoms with Gasteiger partial charge in [-0.25, -0.2) is 15.0 Å². The van der Waals surface area contributed by atoms with Crippen LogP contribution in [0.5, 0.6) is 0 Å². The third kappa shape index (κ3) is 3.59. The highest BCUT2D eigenvalue weighted by Crippen LogP contribution is 2.40. The molecule has 0 aliphatic heterocycles. The van der Waals surface area contributed by atoms with Gasteiger partial charge in [0.1, 0.15) is 11.2 Å². The Morgan fingerprint density at radius 2 is 1.57 bits per heavy atom. The van der Waals surface area contributed by atoms with E-state index in [1.165, 1.54) is 26.6 Å². The van der Waals surface area contributed by atoms with Crippen molar-refractivity contribution in [3.8, 4) is 22.8 Å². The first-order chi connectivity index (χ1) is 20.7. The Kier molecular flexibility index (Phi) is 5.47. The lowest BCUT2D eigenvalue weighted by Gasteiger charge is -2.13. The Hall–Kier alpha value is -5.61. The van der Waals surface area contributed by atoms with E-state index < -0.39 is 0 Å². The second-order valence-electron chi connectivity index (χ2n) is 10.4. The molecule has 2 heterocycles. The molecule has 0 atom stereocenters. The van der Waals surface area contributed by atoms with Crippen LogP contribution >= 0.6 is 0 Å². The smallest absolute Gasteiger partial charge is 0.164 e. The van der Waals surface area contributed by atoms with Crippen molar-refractivity contribution >= 4 is 61.2 Å². The van der Waals surface area contributed by atoms with Crippen LogP contribution in [0.2, 0.25) is 0 Å². The van der Waals surface area contributed by atoms with Gasteiger partial charge in [-0.15, -0.1) is 0 Å². The van der Waals surface area contributed by atoms with Crippen molar-refractivity contribution in [1.29, 1.82) is 0 Å². The predicted molar refractivity (Wildman–Crippen MR) is 174 cm³/mol. The summed E-state index contributed by atoms with van der Waals surface area (Å²) in [5.74, 6) is 1.73. The predicted octanol–water partition coefficient (Wildman–Crippen LogP) is 8.13. The fourth-order valence-corrected chi connectivity index (χ4v) is 6.22. The minimum absolute atomic E-state index is 0.545. The summed E-state index contributed by atoms with van der Waals surface area (Å²) in [6.07, 6.45) is 15.1. The monoisotopic (exact) mass is 539 g/mol. The summed E-state index contributed by atoms with van der Waals surface area (Å²) in [5, 5.41) is 9.38. The molecular formula is C38H25N3O. The molecule has 8 rings (SSSR count). The summed E-state index contributed by atoms with van der Waals surface area (Å²) in [4.78, 5) is 14.8. The van der Waals surface area contributed by atoms with Crippen molar-refractivity contribution < 1.29 is 4.42 Å². The van der Waals surface area contributed by atoms with Crippen LogP contribution in [0.25, 0.3) is 84.0 Å². The number of hydrogen-bond acceptors (Lipinski definition) is 4. The summed E-state index contributed by atoms with van der Waals surface area (Å²) >= 11 is 0. The molecule has 4 nitrogen and oxygen atoms in total. The van der Waals surface area contributed by atoms with E-state index in [4.69, 9.17) is 19.4 Å². The van der Waals surface area contributed by atoms with Gasteiger partial charge in [0.15, 0.2) is 17.5 Å². The van der Waals surface area contributed by atoms with Gasteiger partial charge >= 0.3 is 0 Å². The van der Waals surface area contributed by atoms with E-state index in [2.05, 4.69) is 79.9 Å². The molecule has 0 spiro atoms.